The Labute approximate surface area is 155 Å². The number of fused-ring (bicyclic) bond motifs is 1. The number of esters is 1. The van der Waals surface area contributed by atoms with Gasteiger partial charge < -0.3 is 4.74 Å². The Morgan fingerprint density at radius 3 is 2.50 bits per heavy atom. The number of aromatic nitrogens is 4. The van der Waals surface area contributed by atoms with Crippen molar-refractivity contribution in [2.24, 2.45) is 14.1 Å². The summed E-state index contributed by atoms with van der Waals surface area (Å²) < 4.78 is 7.40. The first-order valence-corrected chi connectivity index (χ1v) is 9.49. The van der Waals surface area contributed by atoms with Crippen LogP contribution in [0.5, 0.6) is 0 Å². The fourth-order valence-electron chi connectivity index (χ4n) is 2.48. The van der Waals surface area contributed by atoms with Crippen molar-refractivity contribution >= 4 is 28.8 Å². The SMILES string of the molecule is CCCCc1nc(S[C@H](C)C(=O)OCC)c2c(=O)n(C)c(=O)n(C)c2n1. The number of aryl methyl sites for hydroxylation is 2. The summed E-state index contributed by atoms with van der Waals surface area (Å²) in [5, 5.41) is 0.114. The molecule has 2 rings (SSSR count). The van der Waals surface area contributed by atoms with Crippen LogP contribution in [-0.4, -0.2) is 36.9 Å². The van der Waals surface area contributed by atoms with Gasteiger partial charge in [-0.2, -0.15) is 0 Å². The molecule has 0 radical (unpaired) electrons. The zero-order valence-electron chi connectivity index (χ0n) is 15.7. The van der Waals surface area contributed by atoms with Crippen LogP contribution in [0.2, 0.25) is 0 Å². The lowest BCUT2D eigenvalue weighted by Crippen LogP contribution is -2.38. The molecule has 142 valence electrons. The highest BCUT2D eigenvalue weighted by Gasteiger charge is 2.22. The van der Waals surface area contributed by atoms with Gasteiger partial charge in [0.25, 0.3) is 5.56 Å². The number of ether oxygens (including phenoxy) is 1. The van der Waals surface area contributed by atoms with Crippen LogP contribution in [0, 0.1) is 0 Å². The summed E-state index contributed by atoms with van der Waals surface area (Å²) in [6, 6.07) is 0. The van der Waals surface area contributed by atoms with Gasteiger partial charge in [-0.3, -0.25) is 18.7 Å². The lowest BCUT2D eigenvalue weighted by molar-refractivity contribution is -0.142. The largest absolute Gasteiger partial charge is 0.465 e. The minimum absolute atomic E-state index is 0.246. The maximum absolute atomic E-state index is 12.7. The summed E-state index contributed by atoms with van der Waals surface area (Å²) in [4.78, 5) is 45.8. The van der Waals surface area contributed by atoms with Crippen LogP contribution >= 0.6 is 11.8 Å². The quantitative estimate of drug-likeness (QED) is 0.407. The lowest BCUT2D eigenvalue weighted by Gasteiger charge is -2.14. The zero-order valence-corrected chi connectivity index (χ0v) is 16.6. The maximum atomic E-state index is 12.7. The molecular formula is C17H24N4O4S. The number of hydrogen-bond donors (Lipinski definition) is 0. The third kappa shape index (κ3) is 3.98. The Kier molecular flexibility index (Phi) is 6.57. The normalized spacial score (nSPS) is 12.3. The second-order valence-corrected chi connectivity index (χ2v) is 7.29. The first-order chi connectivity index (χ1) is 12.3. The molecule has 0 amide bonds. The van der Waals surface area contributed by atoms with Crippen molar-refractivity contribution in [3.63, 3.8) is 0 Å². The third-order valence-corrected chi connectivity index (χ3v) is 5.04. The Morgan fingerprint density at radius 1 is 1.19 bits per heavy atom. The molecule has 2 heterocycles. The molecule has 0 aliphatic heterocycles. The monoisotopic (exact) mass is 380 g/mol. The van der Waals surface area contributed by atoms with E-state index in [1.54, 1.807) is 20.9 Å². The average Bonchev–Trinajstić information content (AvgIpc) is 2.62. The van der Waals surface area contributed by atoms with Gasteiger partial charge in [0.15, 0.2) is 5.65 Å². The minimum atomic E-state index is -0.533. The predicted molar refractivity (Wildman–Crippen MR) is 101 cm³/mol. The van der Waals surface area contributed by atoms with Crippen LogP contribution in [0.15, 0.2) is 14.6 Å². The first kappa shape index (κ1) is 20.2. The van der Waals surface area contributed by atoms with E-state index in [1.807, 2.05) is 0 Å². The summed E-state index contributed by atoms with van der Waals surface area (Å²) in [5.41, 5.74) is -0.626. The summed E-state index contributed by atoms with van der Waals surface area (Å²) in [6.07, 6.45) is 2.50. The van der Waals surface area contributed by atoms with Gasteiger partial charge in [-0.1, -0.05) is 25.1 Å². The summed E-state index contributed by atoms with van der Waals surface area (Å²) >= 11 is 1.15. The number of carbonyl (C=O) groups is 1. The van der Waals surface area contributed by atoms with E-state index in [9.17, 15) is 14.4 Å². The third-order valence-electron chi connectivity index (χ3n) is 3.97. The van der Waals surface area contributed by atoms with Crippen LogP contribution < -0.4 is 11.2 Å². The van der Waals surface area contributed by atoms with Gasteiger partial charge >= 0.3 is 11.7 Å². The van der Waals surface area contributed by atoms with Crippen molar-refractivity contribution in [1.29, 1.82) is 0 Å². The highest BCUT2D eigenvalue weighted by Crippen LogP contribution is 2.27. The molecule has 9 heteroatoms. The predicted octanol–water partition coefficient (Wildman–Crippen LogP) is 1.41. The molecule has 0 aliphatic carbocycles. The van der Waals surface area contributed by atoms with E-state index >= 15 is 0 Å². The van der Waals surface area contributed by atoms with Gasteiger partial charge in [0.1, 0.15) is 21.5 Å². The summed E-state index contributed by atoms with van der Waals surface area (Å²) in [5.74, 6) is 0.183. The van der Waals surface area contributed by atoms with Crippen molar-refractivity contribution < 1.29 is 9.53 Å². The molecule has 26 heavy (non-hydrogen) atoms. The van der Waals surface area contributed by atoms with Crippen molar-refractivity contribution in [2.75, 3.05) is 6.61 Å². The summed E-state index contributed by atoms with van der Waals surface area (Å²) in [6.45, 7) is 5.79. The van der Waals surface area contributed by atoms with Crippen molar-refractivity contribution in [3.8, 4) is 0 Å². The fraction of sp³-hybridized carbons (Fsp3) is 0.588. The van der Waals surface area contributed by atoms with Gasteiger partial charge in [0.05, 0.1) is 6.61 Å². The van der Waals surface area contributed by atoms with Gasteiger partial charge in [-0.05, 0) is 20.3 Å². The Hall–Kier alpha value is -2.16. The second-order valence-electron chi connectivity index (χ2n) is 5.97. The molecule has 0 spiro atoms. The number of thioether (sulfide) groups is 1. The number of carbonyl (C=O) groups excluding carboxylic acids is 1. The van der Waals surface area contributed by atoms with E-state index in [0.29, 0.717) is 17.3 Å². The molecule has 1 atom stereocenters. The van der Waals surface area contributed by atoms with Gasteiger partial charge in [-0.15, -0.1) is 0 Å². The van der Waals surface area contributed by atoms with Crippen molar-refractivity contribution in [2.45, 2.75) is 50.3 Å². The molecule has 0 saturated heterocycles. The molecule has 0 unspecified atom stereocenters. The molecule has 0 fully saturated rings. The maximum Gasteiger partial charge on any atom is 0.332 e. The highest BCUT2D eigenvalue weighted by molar-refractivity contribution is 8.00. The molecule has 8 nitrogen and oxygen atoms in total. The molecule has 0 N–H and O–H groups in total. The van der Waals surface area contributed by atoms with Crippen molar-refractivity contribution in [3.05, 3.63) is 26.7 Å². The number of rotatable bonds is 7. The minimum Gasteiger partial charge on any atom is -0.465 e. The second kappa shape index (κ2) is 8.48. The fourth-order valence-corrected chi connectivity index (χ4v) is 3.43. The molecule has 0 aliphatic rings. The van der Waals surface area contributed by atoms with Gasteiger partial charge in [-0.25, -0.2) is 14.8 Å². The van der Waals surface area contributed by atoms with E-state index < -0.39 is 16.5 Å². The van der Waals surface area contributed by atoms with E-state index in [4.69, 9.17) is 4.74 Å². The molecule has 0 aromatic carbocycles. The van der Waals surface area contributed by atoms with Gasteiger partial charge in [0.2, 0.25) is 0 Å². The standard InChI is InChI=1S/C17H24N4O4S/c1-6-8-9-11-18-13-12(15(22)21(5)17(24)20(13)4)14(19-11)26-10(3)16(23)25-7-2/h10H,6-9H2,1-5H3/t10-/m1/s1. The topological polar surface area (TPSA) is 96.1 Å². The summed E-state index contributed by atoms with van der Waals surface area (Å²) in [7, 11) is 2.99. The number of unbranched alkanes of at least 4 members (excludes halogenated alkanes) is 1. The molecule has 2 aromatic heterocycles. The Bertz CT molecular complexity index is 935. The molecule has 0 bridgehead atoms. The highest BCUT2D eigenvalue weighted by atomic mass is 32.2. The first-order valence-electron chi connectivity index (χ1n) is 8.61. The van der Waals surface area contributed by atoms with E-state index in [-0.39, 0.29) is 23.6 Å². The average molecular weight is 380 g/mol. The smallest absolute Gasteiger partial charge is 0.332 e. The Morgan fingerprint density at radius 2 is 1.88 bits per heavy atom. The van der Waals surface area contributed by atoms with Crippen LogP contribution in [0.25, 0.3) is 11.0 Å². The number of hydrogen-bond acceptors (Lipinski definition) is 7. The molecular weight excluding hydrogens is 356 g/mol. The van der Waals surface area contributed by atoms with Crippen LogP contribution in [0.3, 0.4) is 0 Å². The Balaban J connectivity index is 2.67. The zero-order chi connectivity index (χ0) is 19.4. The van der Waals surface area contributed by atoms with Crippen LogP contribution in [0.1, 0.15) is 39.4 Å². The van der Waals surface area contributed by atoms with E-state index in [0.717, 1.165) is 29.2 Å². The van der Waals surface area contributed by atoms with Gasteiger partial charge in [0, 0.05) is 20.5 Å². The molecule has 2 aromatic rings. The van der Waals surface area contributed by atoms with E-state index in [1.165, 1.54) is 11.6 Å². The van der Waals surface area contributed by atoms with E-state index in [2.05, 4.69) is 16.9 Å². The molecule has 0 saturated carbocycles. The van der Waals surface area contributed by atoms with Crippen LogP contribution in [0.4, 0.5) is 0 Å². The van der Waals surface area contributed by atoms with Crippen LogP contribution in [-0.2, 0) is 30.0 Å². The van der Waals surface area contributed by atoms with Crippen molar-refractivity contribution in [1.82, 2.24) is 19.1 Å². The number of nitrogens with zero attached hydrogens (tertiary/aromatic N) is 4. The lowest BCUT2D eigenvalue weighted by atomic mass is 10.2.